The summed E-state index contributed by atoms with van der Waals surface area (Å²) in [4.78, 5) is 2.67. The standard InChI is InChI=1S/C16H24N2/c17-10-14-5-2-1-4-13(14)8-9-18-11-15-6-3-7-16(15)12-18/h1-2,4-5,15-16H,3,6-12,17H2. The van der Waals surface area contributed by atoms with Crippen molar-refractivity contribution in [3.8, 4) is 0 Å². The van der Waals surface area contributed by atoms with Crippen molar-refractivity contribution in [3.63, 3.8) is 0 Å². The second kappa shape index (κ2) is 5.41. The van der Waals surface area contributed by atoms with Gasteiger partial charge >= 0.3 is 0 Å². The maximum absolute atomic E-state index is 5.80. The first kappa shape index (κ1) is 12.2. The summed E-state index contributed by atoms with van der Waals surface area (Å²) in [5.41, 5.74) is 8.55. The summed E-state index contributed by atoms with van der Waals surface area (Å²) in [7, 11) is 0. The van der Waals surface area contributed by atoms with Crippen LogP contribution in [0.1, 0.15) is 30.4 Å². The fourth-order valence-corrected chi connectivity index (χ4v) is 3.79. The van der Waals surface area contributed by atoms with Gasteiger partial charge in [-0.3, -0.25) is 0 Å². The summed E-state index contributed by atoms with van der Waals surface area (Å²) in [5.74, 6) is 2.02. The Hall–Kier alpha value is -0.860. The molecule has 1 aliphatic carbocycles. The Labute approximate surface area is 110 Å². The second-order valence-corrected chi connectivity index (χ2v) is 5.93. The molecule has 0 bridgehead atoms. The molecule has 2 nitrogen and oxygen atoms in total. The fourth-order valence-electron chi connectivity index (χ4n) is 3.79. The first-order chi connectivity index (χ1) is 8.86. The van der Waals surface area contributed by atoms with Crippen LogP contribution in [0.4, 0.5) is 0 Å². The monoisotopic (exact) mass is 244 g/mol. The molecule has 2 unspecified atom stereocenters. The van der Waals surface area contributed by atoms with Gasteiger partial charge in [0.05, 0.1) is 0 Å². The van der Waals surface area contributed by atoms with Crippen LogP contribution in [0, 0.1) is 11.8 Å². The lowest BCUT2D eigenvalue weighted by atomic mass is 10.0. The van der Waals surface area contributed by atoms with Gasteiger partial charge in [-0.2, -0.15) is 0 Å². The van der Waals surface area contributed by atoms with Crippen LogP contribution >= 0.6 is 0 Å². The highest BCUT2D eigenvalue weighted by Gasteiger charge is 2.35. The van der Waals surface area contributed by atoms with E-state index < -0.39 is 0 Å². The van der Waals surface area contributed by atoms with Gasteiger partial charge in [0, 0.05) is 26.2 Å². The van der Waals surface area contributed by atoms with Crippen molar-refractivity contribution < 1.29 is 0 Å². The minimum atomic E-state index is 0.668. The van der Waals surface area contributed by atoms with Crippen molar-refractivity contribution >= 4 is 0 Å². The smallest absolute Gasteiger partial charge is 0.0180 e. The van der Waals surface area contributed by atoms with Gasteiger partial charge in [-0.1, -0.05) is 30.7 Å². The van der Waals surface area contributed by atoms with E-state index in [9.17, 15) is 0 Å². The summed E-state index contributed by atoms with van der Waals surface area (Å²) in [5, 5.41) is 0. The van der Waals surface area contributed by atoms with Crippen molar-refractivity contribution in [2.45, 2.75) is 32.2 Å². The molecule has 1 aliphatic heterocycles. The highest BCUT2D eigenvalue weighted by atomic mass is 15.2. The zero-order valence-electron chi connectivity index (χ0n) is 11.1. The lowest BCUT2D eigenvalue weighted by molar-refractivity contribution is 0.315. The quantitative estimate of drug-likeness (QED) is 0.881. The molecule has 2 heteroatoms. The lowest BCUT2D eigenvalue weighted by Gasteiger charge is -2.17. The summed E-state index contributed by atoms with van der Waals surface area (Å²) < 4.78 is 0. The predicted molar refractivity (Wildman–Crippen MR) is 75.3 cm³/mol. The van der Waals surface area contributed by atoms with E-state index >= 15 is 0 Å². The Bertz CT molecular complexity index is 390. The van der Waals surface area contributed by atoms with Crippen molar-refractivity contribution in [1.29, 1.82) is 0 Å². The molecule has 0 aromatic heterocycles. The summed E-state index contributed by atoms with van der Waals surface area (Å²) >= 11 is 0. The Morgan fingerprint density at radius 2 is 1.72 bits per heavy atom. The van der Waals surface area contributed by atoms with Crippen LogP contribution in [0.3, 0.4) is 0 Å². The molecule has 1 aromatic carbocycles. The molecule has 0 radical (unpaired) electrons. The molecule has 3 rings (SSSR count). The minimum Gasteiger partial charge on any atom is -0.326 e. The number of rotatable bonds is 4. The van der Waals surface area contributed by atoms with Crippen LogP contribution in [0.25, 0.3) is 0 Å². The van der Waals surface area contributed by atoms with E-state index in [1.165, 1.54) is 50.0 Å². The summed E-state index contributed by atoms with van der Waals surface area (Å²) in [6.07, 6.45) is 5.58. The molecule has 1 aromatic rings. The number of fused-ring (bicyclic) bond motifs is 1. The number of nitrogens with two attached hydrogens (primary N) is 1. The highest BCUT2D eigenvalue weighted by Crippen LogP contribution is 2.37. The average Bonchev–Trinajstić information content (AvgIpc) is 2.97. The largest absolute Gasteiger partial charge is 0.326 e. The van der Waals surface area contributed by atoms with Gasteiger partial charge in [-0.15, -0.1) is 0 Å². The minimum absolute atomic E-state index is 0.668. The molecule has 1 saturated carbocycles. The van der Waals surface area contributed by atoms with E-state index in [2.05, 4.69) is 29.2 Å². The zero-order valence-corrected chi connectivity index (χ0v) is 11.1. The highest BCUT2D eigenvalue weighted by molar-refractivity contribution is 5.27. The van der Waals surface area contributed by atoms with Crippen LogP contribution in [-0.4, -0.2) is 24.5 Å². The van der Waals surface area contributed by atoms with Crippen LogP contribution < -0.4 is 5.73 Å². The first-order valence-electron chi connectivity index (χ1n) is 7.36. The molecular formula is C16H24N2. The molecule has 2 aliphatic rings. The van der Waals surface area contributed by atoms with Gasteiger partial charge in [0.15, 0.2) is 0 Å². The Morgan fingerprint density at radius 3 is 2.39 bits per heavy atom. The average molecular weight is 244 g/mol. The van der Waals surface area contributed by atoms with Crippen LogP contribution in [0.5, 0.6) is 0 Å². The van der Waals surface area contributed by atoms with Crippen molar-refractivity contribution in [2.24, 2.45) is 17.6 Å². The van der Waals surface area contributed by atoms with Crippen molar-refractivity contribution in [3.05, 3.63) is 35.4 Å². The predicted octanol–water partition coefficient (Wildman–Crippen LogP) is 2.42. The Morgan fingerprint density at radius 1 is 1.06 bits per heavy atom. The maximum Gasteiger partial charge on any atom is 0.0180 e. The molecule has 2 atom stereocenters. The summed E-state index contributed by atoms with van der Waals surface area (Å²) in [6.45, 7) is 4.57. The molecule has 2 fully saturated rings. The number of hydrogen-bond acceptors (Lipinski definition) is 2. The number of hydrogen-bond donors (Lipinski definition) is 1. The molecule has 0 amide bonds. The van der Waals surface area contributed by atoms with E-state index in [0.717, 1.165) is 18.3 Å². The van der Waals surface area contributed by atoms with E-state index in [4.69, 9.17) is 5.73 Å². The van der Waals surface area contributed by atoms with Gasteiger partial charge in [-0.25, -0.2) is 0 Å². The number of benzene rings is 1. The third-order valence-electron chi connectivity index (χ3n) is 4.84. The van der Waals surface area contributed by atoms with E-state index in [1.807, 2.05) is 0 Å². The zero-order chi connectivity index (χ0) is 12.4. The van der Waals surface area contributed by atoms with Gasteiger partial charge in [0.25, 0.3) is 0 Å². The van der Waals surface area contributed by atoms with Crippen LogP contribution in [0.15, 0.2) is 24.3 Å². The molecule has 2 N–H and O–H groups in total. The van der Waals surface area contributed by atoms with E-state index in [1.54, 1.807) is 0 Å². The molecule has 1 heterocycles. The Balaban J connectivity index is 1.55. The third kappa shape index (κ3) is 2.45. The van der Waals surface area contributed by atoms with E-state index in [-0.39, 0.29) is 0 Å². The van der Waals surface area contributed by atoms with Gasteiger partial charge in [0.2, 0.25) is 0 Å². The topological polar surface area (TPSA) is 29.3 Å². The van der Waals surface area contributed by atoms with Gasteiger partial charge in [0.1, 0.15) is 0 Å². The normalized spacial score (nSPS) is 27.6. The fraction of sp³-hybridized carbons (Fsp3) is 0.625. The molecule has 1 saturated heterocycles. The lowest BCUT2D eigenvalue weighted by Crippen LogP contribution is -2.24. The number of likely N-dealkylation sites (tertiary alicyclic amines) is 1. The van der Waals surface area contributed by atoms with Crippen LogP contribution in [-0.2, 0) is 13.0 Å². The van der Waals surface area contributed by atoms with Crippen molar-refractivity contribution in [2.75, 3.05) is 19.6 Å². The Kier molecular flexibility index (Phi) is 3.67. The summed E-state index contributed by atoms with van der Waals surface area (Å²) in [6, 6.07) is 8.62. The SMILES string of the molecule is NCc1ccccc1CCN1CC2CCCC2C1. The molecular weight excluding hydrogens is 220 g/mol. The first-order valence-corrected chi connectivity index (χ1v) is 7.36. The third-order valence-corrected chi connectivity index (χ3v) is 4.84. The molecule has 0 spiro atoms. The maximum atomic E-state index is 5.80. The number of nitrogens with zero attached hydrogens (tertiary/aromatic N) is 1. The van der Waals surface area contributed by atoms with Gasteiger partial charge < -0.3 is 10.6 Å². The second-order valence-electron chi connectivity index (χ2n) is 5.93. The van der Waals surface area contributed by atoms with Gasteiger partial charge in [-0.05, 0) is 42.2 Å². The van der Waals surface area contributed by atoms with E-state index in [0.29, 0.717) is 6.54 Å². The molecule has 98 valence electrons. The van der Waals surface area contributed by atoms with Crippen molar-refractivity contribution in [1.82, 2.24) is 4.90 Å². The van der Waals surface area contributed by atoms with Crippen LogP contribution in [0.2, 0.25) is 0 Å². The molecule has 18 heavy (non-hydrogen) atoms.